The number of hydrogen-bond acceptors (Lipinski definition) is 6. The van der Waals surface area contributed by atoms with Crippen LogP contribution in [0.15, 0.2) is 30.0 Å². The summed E-state index contributed by atoms with van der Waals surface area (Å²) >= 11 is 1.45. The summed E-state index contributed by atoms with van der Waals surface area (Å²) in [6, 6.07) is 1.67. The Balaban J connectivity index is 1.40. The topological polar surface area (TPSA) is 91.6 Å². The Morgan fingerprint density at radius 2 is 2.10 bits per heavy atom. The number of amides is 2. The fourth-order valence-electron chi connectivity index (χ4n) is 3.84. The first kappa shape index (κ1) is 20.5. The fraction of sp³-hybridized carbons (Fsp3) is 0.429. The Bertz CT molecular complexity index is 1090. The molecule has 1 fully saturated rings. The van der Waals surface area contributed by atoms with Crippen molar-refractivity contribution in [2.45, 2.75) is 39.2 Å². The number of thiazole rings is 1. The maximum atomic E-state index is 12.7. The largest absolute Gasteiger partial charge is 0.351 e. The van der Waals surface area contributed by atoms with Gasteiger partial charge in [0.2, 0.25) is 0 Å². The van der Waals surface area contributed by atoms with Crippen LogP contribution in [-0.2, 0) is 0 Å². The zero-order chi connectivity index (χ0) is 21.3. The molecule has 2 N–H and O–H groups in total. The zero-order valence-electron chi connectivity index (χ0n) is 17.4. The molecule has 3 aromatic rings. The number of likely N-dealkylation sites (tertiary alicyclic amines) is 1. The Morgan fingerprint density at radius 1 is 1.27 bits per heavy atom. The van der Waals surface area contributed by atoms with Gasteiger partial charge in [-0.3, -0.25) is 19.5 Å². The number of anilines is 1. The SMILES string of the molecule is Cc1ncc(C(=O)NCCN2CCCC2(C)C)cc1NC(=O)c1cnn2ccsc12. The van der Waals surface area contributed by atoms with E-state index in [0.29, 0.717) is 29.1 Å². The van der Waals surface area contributed by atoms with Crippen LogP contribution in [0.2, 0.25) is 0 Å². The molecule has 9 heteroatoms. The maximum absolute atomic E-state index is 12.7. The van der Waals surface area contributed by atoms with Crippen LogP contribution in [0.3, 0.4) is 0 Å². The van der Waals surface area contributed by atoms with E-state index in [1.54, 1.807) is 29.9 Å². The van der Waals surface area contributed by atoms with E-state index in [9.17, 15) is 9.59 Å². The molecule has 8 nitrogen and oxygen atoms in total. The predicted molar refractivity (Wildman–Crippen MR) is 117 cm³/mol. The average molecular weight is 427 g/mol. The summed E-state index contributed by atoms with van der Waals surface area (Å²) in [7, 11) is 0. The van der Waals surface area contributed by atoms with Gasteiger partial charge in [-0.25, -0.2) is 4.52 Å². The Labute approximate surface area is 179 Å². The molecule has 30 heavy (non-hydrogen) atoms. The van der Waals surface area contributed by atoms with Gasteiger partial charge in [-0.1, -0.05) is 0 Å². The number of nitrogens with zero attached hydrogens (tertiary/aromatic N) is 4. The van der Waals surface area contributed by atoms with E-state index in [2.05, 4.69) is 39.5 Å². The van der Waals surface area contributed by atoms with Gasteiger partial charge >= 0.3 is 0 Å². The number of carbonyl (C=O) groups is 2. The zero-order valence-corrected chi connectivity index (χ0v) is 18.3. The molecule has 0 aliphatic carbocycles. The second-order valence-corrected chi connectivity index (χ2v) is 9.08. The van der Waals surface area contributed by atoms with Gasteiger partial charge in [0.1, 0.15) is 4.83 Å². The Morgan fingerprint density at radius 3 is 2.87 bits per heavy atom. The second kappa shape index (κ2) is 8.16. The van der Waals surface area contributed by atoms with Crippen LogP contribution in [-0.4, -0.2) is 56.5 Å². The first-order valence-corrected chi connectivity index (χ1v) is 11.0. The number of hydrogen-bond donors (Lipinski definition) is 2. The van der Waals surface area contributed by atoms with E-state index in [1.165, 1.54) is 30.4 Å². The van der Waals surface area contributed by atoms with Crippen molar-refractivity contribution in [3.8, 4) is 0 Å². The van der Waals surface area contributed by atoms with Crippen molar-refractivity contribution in [2.75, 3.05) is 25.0 Å². The van der Waals surface area contributed by atoms with E-state index in [4.69, 9.17) is 0 Å². The van der Waals surface area contributed by atoms with Gasteiger partial charge in [0, 0.05) is 36.4 Å². The highest BCUT2D eigenvalue weighted by Crippen LogP contribution is 2.27. The monoisotopic (exact) mass is 426 g/mol. The van der Waals surface area contributed by atoms with Crippen molar-refractivity contribution in [2.24, 2.45) is 0 Å². The Hall–Kier alpha value is -2.78. The van der Waals surface area contributed by atoms with Gasteiger partial charge in [-0.05, 0) is 46.2 Å². The van der Waals surface area contributed by atoms with Gasteiger partial charge in [-0.15, -0.1) is 11.3 Å². The lowest BCUT2D eigenvalue weighted by Gasteiger charge is -2.31. The first-order valence-electron chi connectivity index (χ1n) is 10.1. The minimum Gasteiger partial charge on any atom is -0.351 e. The van der Waals surface area contributed by atoms with Crippen LogP contribution in [0, 0.1) is 6.92 Å². The van der Waals surface area contributed by atoms with E-state index in [-0.39, 0.29) is 17.4 Å². The third-order valence-corrected chi connectivity index (χ3v) is 6.60. The summed E-state index contributed by atoms with van der Waals surface area (Å²) in [5.74, 6) is -0.465. The van der Waals surface area contributed by atoms with Gasteiger partial charge in [-0.2, -0.15) is 5.10 Å². The van der Waals surface area contributed by atoms with Gasteiger partial charge in [0.25, 0.3) is 11.8 Å². The molecule has 0 aromatic carbocycles. The first-order chi connectivity index (χ1) is 14.3. The van der Waals surface area contributed by atoms with Crippen molar-refractivity contribution in [3.05, 3.63) is 46.9 Å². The summed E-state index contributed by atoms with van der Waals surface area (Å²) in [4.78, 5) is 32.8. The highest BCUT2D eigenvalue weighted by Gasteiger charge is 2.31. The molecule has 4 heterocycles. The van der Waals surface area contributed by atoms with Crippen molar-refractivity contribution in [3.63, 3.8) is 0 Å². The molecular formula is C21H26N6O2S. The normalized spacial score (nSPS) is 16.1. The van der Waals surface area contributed by atoms with Crippen molar-refractivity contribution < 1.29 is 9.59 Å². The quantitative estimate of drug-likeness (QED) is 0.632. The van der Waals surface area contributed by atoms with Crippen LogP contribution in [0.4, 0.5) is 5.69 Å². The van der Waals surface area contributed by atoms with Gasteiger partial charge < -0.3 is 10.6 Å². The molecule has 4 rings (SSSR count). The number of nitrogens with one attached hydrogen (secondary N) is 2. The van der Waals surface area contributed by atoms with E-state index in [1.807, 2.05) is 5.38 Å². The van der Waals surface area contributed by atoms with Crippen LogP contribution >= 0.6 is 11.3 Å². The van der Waals surface area contributed by atoms with Crippen molar-refractivity contribution in [1.29, 1.82) is 0 Å². The number of aromatic nitrogens is 3. The lowest BCUT2D eigenvalue weighted by molar-refractivity contribution is 0.0938. The molecular weight excluding hydrogens is 400 g/mol. The minimum absolute atomic E-state index is 0.190. The standard InChI is InChI=1S/C21H26N6O2S/c1-14-17(25-19(29)16-13-24-27-9-10-30-20(16)27)11-15(12-23-14)18(28)22-6-8-26-7-4-5-21(26,2)3/h9-13H,4-8H2,1-3H3,(H,22,28)(H,25,29). The number of aryl methyl sites for hydroxylation is 1. The molecule has 0 unspecified atom stereocenters. The summed E-state index contributed by atoms with van der Waals surface area (Å²) < 4.78 is 1.66. The lowest BCUT2D eigenvalue weighted by atomic mass is 10.0. The number of rotatable bonds is 6. The van der Waals surface area contributed by atoms with Crippen LogP contribution < -0.4 is 10.6 Å². The van der Waals surface area contributed by atoms with E-state index >= 15 is 0 Å². The molecule has 0 saturated carbocycles. The Kier molecular flexibility index (Phi) is 5.57. The lowest BCUT2D eigenvalue weighted by Crippen LogP contribution is -2.43. The summed E-state index contributed by atoms with van der Waals surface area (Å²) in [6.07, 6.45) is 7.26. The minimum atomic E-state index is -0.272. The molecule has 1 aliphatic rings. The van der Waals surface area contributed by atoms with Crippen LogP contribution in [0.5, 0.6) is 0 Å². The predicted octanol–water partition coefficient (Wildman–Crippen LogP) is 2.96. The average Bonchev–Trinajstić information content (AvgIpc) is 3.39. The van der Waals surface area contributed by atoms with Crippen LogP contribution in [0.25, 0.3) is 4.83 Å². The van der Waals surface area contributed by atoms with E-state index < -0.39 is 0 Å². The summed E-state index contributed by atoms with van der Waals surface area (Å²) in [6.45, 7) is 8.74. The molecule has 1 aliphatic heterocycles. The molecule has 3 aromatic heterocycles. The second-order valence-electron chi connectivity index (χ2n) is 8.18. The van der Waals surface area contributed by atoms with Crippen molar-refractivity contribution >= 4 is 33.7 Å². The summed E-state index contributed by atoms with van der Waals surface area (Å²) in [5, 5.41) is 11.9. The molecule has 158 valence electrons. The number of fused-ring (bicyclic) bond motifs is 1. The van der Waals surface area contributed by atoms with Crippen molar-refractivity contribution in [1.82, 2.24) is 24.8 Å². The maximum Gasteiger partial charge on any atom is 0.260 e. The summed E-state index contributed by atoms with van der Waals surface area (Å²) in [5.41, 5.74) is 2.27. The molecule has 0 radical (unpaired) electrons. The fourth-order valence-corrected chi connectivity index (χ4v) is 4.63. The van der Waals surface area contributed by atoms with Gasteiger partial charge in [0.15, 0.2) is 0 Å². The number of pyridine rings is 1. The third-order valence-electron chi connectivity index (χ3n) is 5.71. The van der Waals surface area contributed by atoms with Crippen LogP contribution in [0.1, 0.15) is 53.1 Å². The molecule has 1 saturated heterocycles. The number of carbonyl (C=O) groups excluding carboxylic acids is 2. The smallest absolute Gasteiger partial charge is 0.260 e. The molecule has 2 amide bonds. The highest BCUT2D eigenvalue weighted by molar-refractivity contribution is 7.15. The molecule has 0 atom stereocenters. The third kappa shape index (κ3) is 4.08. The molecule has 0 bridgehead atoms. The van der Waals surface area contributed by atoms with E-state index in [0.717, 1.165) is 17.9 Å². The van der Waals surface area contributed by atoms with Gasteiger partial charge in [0.05, 0.1) is 28.7 Å². The molecule has 0 spiro atoms. The highest BCUT2D eigenvalue weighted by atomic mass is 32.1.